The first kappa shape index (κ1) is 13.8. The lowest BCUT2D eigenvalue weighted by atomic mass is 10.3. The van der Waals surface area contributed by atoms with Crippen molar-refractivity contribution in [2.45, 2.75) is 15.8 Å². The normalized spacial score (nSPS) is 10.4. The standard InChI is InChI=1S/C11H12N4O2S2/c1-15(2)10-12-4-3-8(14-10)19-11-13-7(6-18-11)5-9(16)17/h3-4,6H,5H2,1-2H3,(H,16,17). The number of carboxylic acids is 1. The molecule has 0 aliphatic heterocycles. The van der Waals surface area contributed by atoms with Crippen molar-refractivity contribution in [2.24, 2.45) is 0 Å². The van der Waals surface area contributed by atoms with Crippen molar-refractivity contribution in [3.8, 4) is 0 Å². The van der Waals surface area contributed by atoms with E-state index in [1.165, 1.54) is 23.1 Å². The number of nitrogens with zero attached hydrogens (tertiary/aromatic N) is 4. The Morgan fingerprint density at radius 2 is 2.26 bits per heavy atom. The van der Waals surface area contributed by atoms with E-state index in [9.17, 15) is 4.79 Å². The highest BCUT2D eigenvalue weighted by molar-refractivity contribution is 8.01. The minimum atomic E-state index is -0.876. The third-order valence-electron chi connectivity index (χ3n) is 2.07. The molecule has 0 spiro atoms. The van der Waals surface area contributed by atoms with Crippen molar-refractivity contribution < 1.29 is 9.90 Å². The van der Waals surface area contributed by atoms with E-state index < -0.39 is 5.97 Å². The van der Waals surface area contributed by atoms with Gasteiger partial charge in [-0.3, -0.25) is 4.79 Å². The van der Waals surface area contributed by atoms with E-state index >= 15 is 0 Å². The maximum atomic E-state index is 10.6. The summed E-state index contributed by atoms with van der Waals surface area (Å²) in [6.07, 6.45) is 1.64. The second kappa shape index (κ2) is 5.98. The number of carbonyl (C=O) groups is 1. The number of thiazole rings is 1. The van der Waals surface area contributed by atoms with Gasteiger partial charge >= 0.3 is 5.97 Å². The summed E-state index contributed by atoms with van der Waals surface area (Å²) >= 11 is 2.82. The van der Waals surface area contributed by atoms with Gasteiger partial charge in [0, 0.05) is 25.7 Å². The predicted octanol–water partition coefficient (Wildman–Crippen LogP) is 1.78. The first-order valence-corrected chi connectivity index (χ1v) is 7.08. The molecule has 0 fully saturated rings. The Labute approximate surface area is 118 Å². The van der Waals surface area contributed by atoms with Crippen LogP contribution in [0.25, 0.3) is 0 Å². The van der Waals surface area contributed by atoms with Gasteiger partial charge in [0.25, 0.3) is 0 Å². The van der Waals surface area contributed by atoms with Crippen LogP contribution < -0.4 is 4.90 Å². The SMILES string of the molecule is CN(C)c1nccc(Sc2nc(CC(=O)O)cs2)n1. The summed E-state index contributed by atoms with van der Waals surface area (Å²) < 4.78 is 0.777. The summed E-state index contributed by atoms with van der Waals surface area (Å²) in [6.45, 7) is 0. The zero-order valence-electron chi connectivity index (χ0n) is 10.4. The molecule has 0 aromatic carbocycles. The smallest absolute Gasteiger partial charge is 0.309 e. The molecule has 2 heterocycles. The number of aromatic nitrogens is 3. The number of aliphatic carboxylic acids is 1. The van der Waals surface area contributed by atoms with Gasteiger partial charge in [0.15, 0.2) is 4.34 Å². The molecule has 2 rings (SSSR count). The van der Waals surface area contributed by atoms with Crippen molar-refractivity contribution in [1.29, 1.82) is 0 Å². The molecule has 2 aromatic heterocycles. The summed E-state index contributed by atoms with van der Waals surface area (Å²) in [4.78, 5) is 25.2. The van der Waals surface area contributed by atoms with Crippen LogP contribution in [0.2, 0.25) is 0 Å². The van der Waals surface area contributed by atoms with Gasteiger partial charge in [-0.1, -0.05) is 0 Å². The molecular weight excluding hydrogens is 284 g/mol. The summed E-state index contributed by atoms with van der Waals surface area (Å²) in [5, 5.41) is 11.2. The number of hydrogen-bond donors (Lipinski definition) is 1. The fourth-order valence-corrected chi connectivity index (χ4v) is 3.00. The lowest BCUT2D eigenvalue weighted by Crippen LogP contribution is -2.12. The van der Waals surface area contributed by atoms with Crippen LogP contribution in [0.15, 0.2) is 27.0 Å². The van der Waals surface area contributed by atoms with Crippen LogP contribution in [-0.4, -0.2) is 40.1 Å². The summed E-state index contributed by atoms with van der Waals surface area (Å²) in [7, 11) is 3.75. The van der Waals surface area contributed by atoms with Crippen LogP contribution in [0.5, 0.6) is 0 Å². The third-order valence-corrected chi connectivity index (χ3v) is 4.00. The van der Waals surface area contributed by atoms with Gasteiger partial charge in [0.2, 0.25) is 5.95 Å². The quantitative estimate of drug-likeness (QED) is 0.842. The van der Waals surface area contributed by atoms with Gasteiger partial charge in [-0.05, 0) is 17.8 Å². The monoisotopic (exact) mass is 296 g/mol. The Bertz CT molecular complexity index is 586. The lowest BCUT2D eigenvalue weighted by molar-refractivity contribution is -0.136. The van der Waals surface area contributed by atoms with Crippen LogP contribution in [0.3, 0.4) is 0 Å². The average Bonchev–Trinajstić information content (AvgIpc) is 2.76. The second-order valence-electron chi connectivity index (χ2n) is 3.87. The Balaban J connectivity index is 2.10. The van der Waals surface area contributed by atoms with Crippen LogP contribution >= 0.6 is 23.1 Å². The van der Waals surface area contributed by atoms with Gasteiger partial charge in [-0.15, -0.1) is 11.3 Å². The third kappa shape index (κ3) is 3.90. The second-order valence-corrected chi connectivity index (χ2v) is 5.99. The number of hydrogen-bond acceptors (Lipinski definition) is 7. The fourth-order valence-electron chi connectivity index (χ4n) is 1.27. The van der Waals surface area contributed by atoms with E-state index in [4.69, 9.17) is 5.11 Å². The van der Waals surface area contributed by atoms with Gasteiger partial charge in [0.1, 0.15) is 5.03 Å². The number of carboxylic acid groups (broad SMARTS) is 1. The van der Waals surface area contributed by atoms with Gasteiger partial charge in [0.05, 0.1) is 12.1 Å². The fraction of sp³-hybridized carbons (Fsp3) is 0.273. The Morgan fingerprint density at radius 3 is 2.95 bits per heavy atom. The Hall–Kier alpha value is -1.67. The van der Waals surface area contributed by atoms with Crippen LogP contribution in [-0.2, 0) is 11.2 Å². The molecule has 8 heteroatoms. The largest absolute Gasteiger partial charge is 0.481 e. The van der Waals surface area contributed by atoms with E-state index in [-0.39, 0.29) is 6.42 Å². The molecule has 2 aromatic rings. The van der Waals surface area contributed by atoms with E-state index in [0.29, 0.717) is 11.6 Å². The molecular formula is C11H12N4O2S2. The summed E-state index contributed by atoms with van der Waals surface area (Å²) in [6, 6.07) is 1.80. The molecule has 0 amide bonds. The van der Waals surface area contributed by atoms with E-state index in [1.807, 2.05) is 19.0 Å². The Kier molecular flexibility index (Phi) is 4.33. The zero-order chi connectivity index (χ0) is 13.8. The molecule has 6 nitrogen and oxygen atoms in total. The highest BCUT2D eigenvalue weighted by Gasteiger charge is 2.09. The molecule has 0 atom stereocenters. The van der Waals surface area contributed by atoms with Crippen molar-refractivity contribution >= 4 is 35.0 Å². The molecule has 0 aliphatic rings. The first-order valence-electron chi connectivity index (χ1n) is 5.39. The summed E-state index contributed by atoms with van der Waals surface area (Å²) in [5.74, 6) is -0.244. The molecule has 0 unspecified atom stereocenters. The van der Waals surface area contributed by atoms with Crippen molar-refractivity contribution in [1.82, 2.24) is 15.0 Å². The minimum Gasteiger partial charge on any atom is -0.481 e. The van der Waals surface area contributed by atoms with Gasteiger partial charge in [-0.2, -0.15) is 0 Å². The molecule has 0 radical (unpaired) electrons. The molecule has 1 N–H and O–H groups in total. The van der Waals surface area contributed by atoms with Crippen molar-refractivity contribution in [3.05, 3.63) is 23.3 Å². The predicted molar refractivity (Wildman–Crippen MR) is 73.9 cm³/mol. The van der Waals surface area contributed by atoms with Crippen LogP contribution in [0, 0.1) is 0 Å². The lowest BCUT2D eigenvalue weighted by Gasteiger charge is -2.09. The van der Waals surface area contributed by atoms with Crippen molar-refractivity contribution in [2.75, 3.05) is 19.0 Å². The zero-order valence-corrected chi connectivity index (χ0v) is 12.0. The van der Waals surface area contributed by atoms with E-state index in [1.54, 1.807) is 17.6 Å². The summed E-state index contributed by atoms with van der Waals surface area (Å²) in [5.41, 5.74) is 0.571. The molecule has 0 saturated carbocycles. The first-order chi connectivity index (χ1) is 9.04. The minimum absolute atomic E-state index is 0.0518. The van der Waals surface area contributed by atoms with Crippen LogP contribution in [0.1, 0.15) is 5.69 Å². The maximum Gasteiger partial charge on any atom is 0.309 e. The molecule has 0 bridgehead atoms. The topological polar surface area (TPSA) is 79.2 Å². The Morgan fingerprint density at radius 1 is 1.47 bits per heavy atom. The molecule has 0 aliphatic carbocycles. The maximum absolute atomic E-state index is 10.6. The van der Waals surface area contributed by atoms with Crippen molar-refractivity contribution in [3.63, 3.8) is 0 Å². The van der Waals surface area contributed by atoms with Gasteiger partial charge in [-0.25, -0.2) is 15.0 Å². The highest BCUT2D eigenvalue weighted by atomic mass is 32.2. The average molecular weight is 296 g/mol. The number of anilines is 1. The molecule has 100 valence electrons. The highest BCUT2D eigenvalue weighted by Crippen LogP contribution is 2.29. The molecule has 19 heavy (non-hydrogen) atoms. The van der Waals surface area contributed by atoms with E-state index in [0.717, 1.165) is 9.37 Å². The van der Waals surface area contributed by atoms with Crippen LogP contribution in [0.4, 0.5) is 5.95 Å². The van der Waals surface area contributed by atoms with Gasteiger partial charge < -0.3 is 10.0 Å². The molecule has 0 saturated heterocycles. The van der Waals surface area contributed by atoms with E-state index in [2.05, 4.69) is 15.0 Å². The number of rotatable bonds is 5.